The van der Waals surface area contributed by atoms with E-state index in [0.717, 1.165) is 17.1 Å². The summed E-state index contributed by atoms with van der Waals surface area (Å²) >= 11 is 3.30. The Morgan fingerprint density at radius 1 is 1.22 bits per heavy atom. The van der Waals surface area contributed by atoms with Crippen LogP contribution in [-0.4, -0.2) is 47.5 Å². The number of hydrogen-bond acceptors (Lipinski definition) is 4. The highest BCUT2D eigenvalue weighted by molar-refractivity contribution is 9.10. The summed E-state index contributed by atoms with van der Waals surface area (Å²) in [6.07, 6.45) is -11.4. The van der Waals surface area contributed by atoms with Crippen LogP contribution in [0.4, 0.5) is 26.3 Å². The maximum Gasteiger partial charge on any atom is 0.433 e. The number of alkyl halides is 6. The number of rotatable bonds is 2. The summed E-state index contributed by atoms with van der Waals surface area (Å²) < 4.78 is 81.3. The van der Waals surface area contributed by atoms with Crippen molar-refractivity contribution in [3.63, 3.8) is 0 Å². The van der Waals surface area contributed by atoms with Crippen molar-refractivity contribution in [2.45, 2.75) is 43.8 Å². The maximum atomic E-state index is 13.9. The van der Waals surface area contributed by atoms with Crippen molar-refractivity contribution in [3.8, 4) is 0 Å². The lowest BCUT2D eigenvalue weighted by Gasteiger charge is -2.37. The predicted octanol–water partition coefficient (Wildman–Crippen LogP) is 4.81. The predicted molar refractivity (Wildman–Crippen MR) is 89.6 cm³/mol. The van der Waals surface area contributed by atoms with E-state index in [1.165, 1.54) is 0 Å². The fourth-order valence-electron chi connectivity index (χ4n) is 3.20. The Morgan fingerprint density at radius 3 is 2.41 bits per heavy atom. The number of halogens is 7. The first-order chi connectivity index (χ1) is 12.3. The Kier molecular flexibility index (Phi) is 4.72. The summed E-state index contributed by atoms with van der Waals surface area (Å²) in [5, 5.41) is 7.51. The minimum Gasteiger partial charge on any atom is -0.376 e. The van der Waals surface area contributed by atoms with Gasteiger partial charge in [0.2, 0.25) is 0 Å². The van der Waals surface area contributed by atoms with Gasteiger partial charge in [0.1, 0.15) is 11.8 Å². The van der Waals surface area contributed by atoms with Gasteiger partial charge < -0.3 is 4.84 Å². The van der Waals surface area contributed by atoms with Crippen molar-refractivity contribution in [2.75, 3.05) is 7.05 Å². The van der Waals surface area contributed by atoms with E-state index in [2.05, 4.69) is 26.2 Å². The Hall–Kier alpha value is -1.78. The summed E-state index contributed by atoms with van der Waals surface area (Å²) in [7, 11) is 1.07. The van der Waals surface area contributed by atoms with Gasteiger partial charge in [-0.1, -0.05) is 27.2 Å². The molecule has 11 heteroatoms. The highest BCUT2D eigenvalue weighted by atomic mass is 79.9. The van der Waals surface area contributed by atoms with E-state index in [-0.39, 0.29) is 5.71 Å². The molecule has 0 aliphatic carbocycles. The first-order valence-electron chi connectivity index (χ1n) is 7.81. The first-order valence-corrected chi connectivity index (χ1v) is 8.60. The van der Waals surface area contributed by atoms with Crippen molar-refractivity contribution in [1.29, 1.82) is 0 Å². The van der Waals surface area contributed by atoms with Gasteiger partial charge in [0.15, 0.2) is 0 Å². The SMILES string of the molecule is Cc1cc(C2=NOC(C3CC(C(F)(F)F)=NN3C)(C(F)(F)F)C2)ccc1Br. The molecule has 2 aliphatic rings. The number of benzene rings is 1. The normalized spacial score (nSPS) is 26.1. The third-order valence-corrected chi connectivity index (χ3v) is 5.59. The van der Waals surface area contributed by atoms with Crippen molar-refractivity contribution in [1.82, 2.24) is 5.01 Å². The number of oxime groups is 1. The monoisotopic (exact) mass is 457 g/mol. The van der Waals surface area contributed by atoms with Crippen LogP contribution >= 0.6 is 15.9 Å². The van der Waals surface area contributed by atoms with E-state index in [0.29, 0.717) is 10.6 Å². The van der Waals surface area contributed by atoms with Crippen LogP contribution in [-0.2, 0) is 4.84 Å². The number of aryl methyl sites for hydroxylation is 1. The minimum atomic E-state index is -4.95. The van der Waals surface area contributed by atoms with E-state index in [4.69, 9.17) is 4.84 Å². The summed E-state index contributed by atoms with van der Waals surface area (Å²) in [6, 6.07) is 3.19. The smallest absolute Gasteiger partial charge is 0.376 e. The fourth-order valence-corrected chi connectivity index (χ4v) is 3.45. The maximum absolute atomic E-state index is 13.9. The molecule has 2 unspecified atom stereocenters. The van der Waals surface area contributed by atoms with Gasteiger partial charge in [0.05, 0.1) is 5.71 Å². The largest absolute Gasteiger partial charge is 0.433 e. The van der Waals surface area contributed by atoms with Gasteiger partial charge in [0, 0.05) is 24.4 Å². The van der Waals surface area contributed by atoms with Crippen LogP contribution in [0, 0.1) is 6.92 Å². The van der Waals surface area contributed by atoms with Crippen LogP contribution in [0.15, 0.2) is 32.9 Å². The molecule has 2 heterocycles. The van der Waals surface area contributed by atoms with Crippen molar-refractivity contribution >= 4 is 27.4 Å². The number of likely N-dealkylation sites (N-methyl/N-ethyl adjacent to an activating group) is 1. The quantitative estimate of drug-likeness (QED) is 0.597. The molecule has 0 bridgehead atoms. The fraction of sp³-hybridized carbons (Fsp3) is 0.500. The lowest BCUT2D eigenvalue weighted by atomic mass is 9.84. The standard InChI is InChI=1S/C16H14BrF6N3O/c1-8-5-9(3-4-10(8)17)11-7-14(27-25-11,16(21,22)23)13-6-12(15(18,19)20)24-26(13)2/h3-5,13H,6-7H2,1-2H3. The molecule has 0 fully saturated rings. The molecule has 0 amide bonds. The molecule has 0 saturated heterocycles. The van der Waals surface area contributed by atoms with Gasteiger partial charge in [-0.2, -0.15) is 31.4 Å². The van der Waals surface area contributed by atoms with E-state index in [9.17, 15) is 26.3 Å². The molecule has 148 valence electrons. The van der Waals surface area contributed by atoms with Gasteiger partial charge in [-0.05, 0) is 30.2 Å². The second-order valence-electron chi connectivity index (χ2n) is 6.50. The molecule has 4 nitrogen and oxygen atoms in total. The van der Waals surface area contributed by atoms with E-state index < -0.39 is 42.5 Å². The van der Waals surface area contributed by atoms with Gasteiger partial charge in [-0.25, -0.2) is 0 Å². The summed E-state index contributed by atoms with van der Waals surface area (Å²) in [5.74, 6) is 0. The lowest BCUT2D eigenvalue weighted by Crippen LogP contribution is -2.58. The topological polar surface area (TPSA) is 37.2 Å². The second-order valence-corrected chi connectivity index (χ2v) is 7.35. The summed E-state index contributed by atoms with van der Waals surface area (Å²) in [5.41, 5.74) is -2.96. The van der Waals surface area contributed by atoms with Crippen molar-refractivity contribution < 1.29 is 31.2 Å². The molecule has 0 saturated carbocycles. The molecule has 0 aromatic heterocycles. The number of hydrazone groups is 1. The van der Waals surface area contributed by atoms with E-state index >= 15 is 0 Å². The van der Waals surface area contributed by atoms with Crippen LogP contribution in [0.1, 0.15) is 24.0 Å². The third kappa shape index (κ3) is 3.41. The zero-order valence-electron chi connectivity index (χ0n) is 14.1. The molecule has 0 spiro atoms. The highest BCUT2D eigenvalue weighted by Gasteiger charge is 2.68. The minimum absolute atomic E-state index is 0.0248. The summed E-state index contributed by atoms with van der Waals surface area (Å²) in [6.45, 7) is 1.76. The lowest BCUT2D eigenvalue weighted by molar-refractivity contribution is -0.286. The average Bonchev–Trinajstić information content (AvgIpc) is 3.13. The molecule has 2 aliphatic heterocycles. The van der Waals surface area contributed by atoms with E-state index in [1.807, 2.05) is 0 Å². The molecular formula is C16H14BrF6N3O. The Bertz CT molecular complexity index is 819. The molecule has 1 aromatic carbocycles. The third-order valence-electron chi connectivity index (χ3n) is 4.70. The molecule has 27 heavy (non-hydrogen) atoms. The molecular weight excluding hydrogens is 444 g/mol. The van der Waals surface area contributed by atoms with E-state index in [1.54, 1.807) is 25.1 Å². The van der Waals surface area contributed by atoms with Gasteiger partial charge >= 0.3 is 12.4 Å². The Morgan fingerprint density at radius 2 is 1.89 bits per heavy atom. The van der Waals surface area contributed by atoms with Gasteiger partial charge in [-0.3, -0.25) is 5.01 Å². The highest BCUT2D eigenvalue weighted by Crippen LogP contribution is 2.48. The molecule has 0 N–H and O–H groups in total. The van der Waals surface area contributed by atoms with Crippen LogP contribution in [0.2, 0.25) is 0 Å². The zero-order valence-corrected chi connectivity index (χ0v) is 15.7. The van der Waals surface area contributed by atoms with Crippen LogP contribution in [0.3, 0.4) is 0 Å². The van der Waals surface area contributed by atoms with Gasteiger partial charge in [-0.15, -0.1) is 0 Å². The van der Waals surface area contributed by atoms with Crippen LogP contribution < -0.4 is 0 Å². The van der Waals surface area contributed by atoms with Crippen LogP contribution in [0.5, 0.6) is 0 Å². The van der Waals surface area contributed by atoms with Crippen molar-refractivity contribution in [3.05, 3.63) is 33.8 Å². The first kappa shape index (κ1) is 20.0. The molecule has 0 radical (unpaired) electrons. The van der Waals surface area contributed by atoms with Crippen molar-refractivity contribution in [2.24, 2.45) is 10.3 Å². The summed E-state index contributed by atoms with van der Waals surface area (Å²) in [4.78, 5) is 4.83. The zero-order chi connectivity index (χ0) is 20.2. The molecule has 1 aromatic rings. The van der Waals surface area contributed by atoms with Gasteiger partial charge in [0.25, 0.3) is 5.60 Å². The average molecular weight is 458 g/mol. The number of nitrogens with zero attached hydrogens (tertiary/aromatic N) is 3. The Balaban J connectivity index is 1.93. The Labute approximate surface area is 159 Å². The second kappa shape index (κ2) is 6.39. The van der Waals surface area contributed by atoms with Crippen LogP contribution in [0.25, 0.3) is 0 Å². The molecule has 2 atom stereocenters. The molecule has 3 rings (SSSR count). The number of hydrogen-bond donors (Lipinski definition) is 0.